The number of rotatable bonds is 6. The highest BCUT2D eigenvalue weighted by atomic mass is 32.1. The molecule has 152 valence electrons. The Bertz CT molecular complexity index is 802. The molecule has 0 bridgehead atoms. The molecule has 2 N–H and O–H groups in total. The average Bonchev–Trinajstić information content (AvgIpc) is 2.58. The number of hydrogen-bond acceptors (Lipinski definition) is 4. The summed E-state index contributed by atoms with van der Waals surface area (Å²) >= 11 is 5.42. The second-order valence-electron chi connectivity index (χ2n) is 7.67. The number of anilines is 1. The largest absolute Gasteiger partial charge is 0.459 e. The van der Waals surface area contributed by atoms with Crippen molar-refractivity contribution in [2.24, 2.45) is 5.92 Å². The van der Waals surface area contributed by atoms with Gasteiger partial charge < -0.3 is 20.3 Å². The second-order valence-corrected chi connectivity index (χ2v) is 8.05. The molecule has 0 fully saturated rings. The molecular formula is C21H29N3O3S. The van der Waals surface area contributed by atoms with Crippen LogP contribution in [0.4, 0.5) is 5.69 Å². The van der Waals surface area contributed by atoms with Gasteiger partial charge in [0.15, 0.2) is 5.11 Å². The lowest BCUT2D eigenvalue weighted by Gasteiger charge is -2.35. The topological polar surface area (TPSA) is 70.7 Å². The molecule has 7 heteroatoms. The molecule has 1 heterocycles. The molecule has 1 amide bonds. The highest BCUT2D eigenvalue weighted by Crippen LogP contribution is 2.32. The van der Waals surface area contributed by atoms with E-state index in [9.17, 15) is 9.59 Å². The fraction of sp³-hybridized carbons (Fsp3) is 0.476. The molecule has 1 aliphatic heterocycles. The Balaban J connectivity index is 2.38. The Kier molecular flexibility index (Phi) is 7.18. The highest BCUT2D eigenvalue weighted by Gasteiger charge is 2.33. The van der Waals surface area contributed by atoms with Crippen molar-refractivity contribution in [1.29, 1.82) is 0 Å². The minimum atomic E-state index is -0.447. The van der Waals surface area contributed by atoms with Crippen LogP contribution in [0.3, 0.4) is 0 Å². The fourth-order valence-corrected chi connectivity index (χ4v) is 3.26. The lowest BCUT2D eigenvalue weighted by molar-refractivity contribution is -0.143. The summed E-state index contributed by atoms with van der Waals surface area (Å²) in [5, 5.41) is 6.66. The maximum Gasteiger partial charge on any atom is 0.338 e. The van der Waals surface area contributed by atoms with Crippen LogP contribution in [0.25, 0.3) is 0 Å². The van der Waals surface area contributed by atoms with Gasteiger partial charge in [-0.15, -0.1) is 0 Å². The van der Waals surface area contributed by atoms with Crippen LogP contribution in [0.15, 0.2) is 35.5 Å². The lowest BCUT2D eigenvalue weighted by Crippen LogP contribution is -2.46. The van der Waals surface area contributed by atoms with Crippen molar-refractivity contribution in [3.8, 4) is 0 Å². The molecule has 0 aromatic heterocycles. The lowest BCUT2D eigenvalue weighted by atomic mass is 9.94. The molecule has 1 aromatic carbocycles. The highest BCUT2D eigenvalue weighted by molar-refractivity contribution is 7.80. The van der Waals surface area contributed by atoms with E-state index in [2.05, 4.69) is 10.6 Å². The van der Waals surface area contributed by atoms with E-state index in [1.165, 1.54) is 0 Å². The third kappa shape index (κ3) is 5.32. The summed E-state index contributed by atoms with van der Waals surface area (Å²) < 4.78 is 5.46. The van der Waals surface area contributed by atoms with Crippen molar-refractivity contribution < 1.29 is 14.3 Å². The summed E-state index contributed by atoms with van der Waals surface area (Å²) in [5.74, 6) is -0.141. The first kappa shape index (κ1) is 21.9. The SMILES string of the molecule is CC1=C(C(=O)OC(C)C)[C@H](c2cccc(NC(=O)CC(C)C)c2)NC(=S)N1C. The Labute approximate surface area is 172 Å². The maximum absolute atomic E-state index is 12.8. The number of allylic oxidation sites excluding steroid dienone is 1. The van der Waals surface area contributed by atoms with Crippen LogP contribution in [0.2, 0.25) is 0 Å². The van der Waals surface area contributed by atoms with E-state index in [0.29, 0.717) is 22.8 Å². The van der Waals surface area contributed by atoms with Crippen molar-refractivity contribution in [3.63, 3.8) is 0 Å². The van der Waals surface area contributed by atoms with Crippen LogP contribution in [0.1, 0.15) is 52.6 Å². The number of hydrogen-bond donors (Lipinski definition) is 2. The molecule has 1 aromatic rings. The predicted octanol–water partition coefficient (Wildman–Crippen LogP) is 3.76. The quantitative estimate of drug-likeness (QED) is 0.557. The van der Waals surface area contributed by atoms with Crippen LogP contribution in [-0.4, -0.2) is 35.0 Å². The van der Waals surface area contributed by atoms with E-state index >= 15 is 0 Å². The van der Waals surface area contributed by atoms with E-state index in [-0.39, 0.29) is 23.9 Å². The minimum absolute atomic E-state index is 0.0369. The number of esters is 1. The zero-order valence-electron chi connectivity index (χ0n) is 17.3. The van der Waals surface area contributed by atoms with Gasteiger partial charge in [0, 0.05) is 24.9 Å². The zero-order valence-corrected chi connectivity index (χ0v) is 18.1. The molecule has 0 spiro atoms. The first-order valence-electron chi connectivity index (χ1n) is 9.46. The molecule has 2 rings (SSSR count). The summed E-state index contributed by atoms with van der Waals surface area (Å²) in [7, 11) is 1.81. The molecule has 0 saturated carbocycles. The number of carbonyl (C=O) groups excluding carboxylic acids is 2. The Morgan fingerprint density at radius 1 is 1.29 bits per heavy atom. The normalized spacial score (nSPS) is 17.1. The molecular weight excluding hydrogens is 374 g/mol. The maximum atomic E-state index is 12.8. The van der Waals surface area contributed by atoms with Gasteiger partial charge in [0.2, 0.25) is 5.91 Å². The molecule has 0 radical (unpaired) electrons. The van der Waals surface area contributed by atoms with Gasteiger partial charge in [0.25, 0.3) is 0 Å². The fourth-order valence-electron chi connectivity index (χ4n) is 3.01. The molecule has 1 atom stereocenters. The average molecular weight is 404 g/mol. The van der Waals surface area contributed by atoms with Gasteiger partial charge in [-0.25, -0.2) is 4.79 Å². The number of nitrogens with zero attached hydrogens (tertiary/aromatic N) is 1. The van der Waals surface area contributed by atoms with E-state index < -0.39 is 6.04 Å². The minimum Gasteiger partial charge on any atom is -0.459 e. The van der Waals surface area contributed by atoms with Gasteiger partial charge >= 0.3 is 5.97 Å². The Hall–Kier alpha value is -2.41. The summed E-state index contributed by atoms with van der Waals surface area (Å²) in [5.41, 5.74) is 2.76. The molecule has 0 saturated heterocycles. The van der Waals surface area contributed by atoms with E-state index in [1.54, 1.807) is 4.90 Å². The molecule has 6 nitrogen and oxygen atoms in total. The smallest absolute Gasteiger partial charge is 0.338 e. The van der Waals surface area contributed by atoms with Gasteiger partial charge in [-0.05, 0) is 56.6 Å². The summed E-state index contributed by atoms with van der Waals surface area (Å²) in [6.45, 7) is 9.49. The number of nitrogens with one attached hydrogen (secondary N) is 2. The van der Waals surface area contributed by atoms with Crippen molar-refractivity contribution in [2.75, 3.05) is 12.4 Å². The number of carbonyl (C=O) groups is 2. The van der Waals surface area contributed by atoms with E-state index in [1.807, 2.05) is 65.9 Å². The molecule has 1 aliphatic rings. The first-order chi connectivity index (χ1) is 13.1. The van der Waals surface area contributed by atoms with Crippen LogP contribution >= 0.6 is 12.2 Å². The zero-order chi connectivity index (χ0) is 21.0. The van der Waals surface area contributed by atoms with Crippen LogP contribution in [0, 0.1) is 5.92 Å². The Morgan fingerprint density at radius 3 is 2.57 bits per heavy atom. The first-order valence-corrected chi connectivity index (χ1v) is 9.86. The number of amides is 1. The standard InChI is InChI=1S/C21H29N3O3S/c1-12(2)10-17(25)22-16-9-7-8-15(11-16)19-18(20(26)27-13(3)4)14(5)24(6)21(28)23-19/h7-9,11-13,19H,10H2,1-6H3,(H,22,25)(H,23,28)/t19-/m0/s1. The third-order valence-corrected chi connectivity index (χ3v) is 4.81. The van der Waals surface area contributed by atoms with Crippen LogP contribution in [0.5, 0.6) is 0 Å². The van der Waals surface area contributed by atoms with Gasteiger partial charge in [0.1, 0.15) is 0 Å². The summed E-state index contributed by atoms with van der Waals surface area (Å²) in [6, 6.07) is 7.00. The predicted molar refractivity (Wildman–Crippen MR) is 115 cm³/mol. The molecule has 0 unspecified atom stereocenters. The summed E-state index contributed by atoms with van der Waals surface area (Å²) in [4.78, 5) is 26.7. The van der Waals surface area contributed by atoms with Crippen molar-refractivity contribution >= 4 is 34.9 Å². The summed E-state index contributed by atoms with van der Waals surface area (Å²) in [6.07, 6.45) is 0.223. The number of thiocarbonyl (C=S) groups is 1. The van der Waals surface area contributed by atoms with Gasteiger partial charge in [0.05, 0.1) is 17.7 Å². The number of benzene rings is 1. The van der Waals surface area contributed by atoms with Crippen molar-refractivity contribution in [3.05, 3.63) is 41.1 Å². The Morgan fingerprint density at radius 2 is 1.96 bits per heavy atom. The van der Waals surface area contributed by atoms with Crippen LogP contribution < -0.4 is 10.6 Å². The monoisotopic (exact) mass is 403 g/mol. The van der Waals surface area contributed by atoms with Crippen molar-refractivity contribution in [1.82, 2.24) is 10.2 Å². The second kappa shape index (κ2) is 9.19. The third-order valence-electron chi connectivity index (χ3n) is 4.41. The van der Waals surface area contributed by atoms with E-state index in [0.717, 1.165) is 11.3 Å². The van der Waals surface area contributed by atoms with Crippen LogP contribution in [-0.2, 0) is 14.3 Å². The van der Waals surface area contributed by atoms with E-state index in [4.69, 9.17) is 17.0 Å². The van der Waals surface area contributed by atoms with Gasteiger partial charge in [-0.2, -0.15) is 0 Å². The molecule has 28 heavy (non-hydrogen) atoms. The van der Waals surface area contributed by atoms with Gasteiger partial charge in [-0.1, -0.05) is 26.0 Å². The number of ether oxygens (including phenoxy) is 1. The molecule has 0 aliphatic carbocycles. The van der Waals surface area contributed by atoms with Gasteiger partial charge in [-0.3, -0.25) is 4.79 Å². The van der Waals surface area contributed by atoms with Crippen molar-refractivity contribution in [2.45, 2.75) is 53.2 Å².